The third-order valence-corrected chi connectivity index (χ3v) is 3.82. The van der Waals surface area contributed by atoms with E-state index in [1.165, 1.54) is 0 Å². The molecule has 0 spiro atoms. The first kappa shape index (κ1) is 17.8. The summed E-state index contributed by atoms with van der Waals surface area (Å²) in [5.41, 5.74) is 0.330. The van der Waals surface area contributed by atoms with Crippen molar-refractivity contribution in [3.05, 3.63) is 22.8 Å². The van der Waals surface area contributed by atoms with Crippen LogP contribution in [0.4, 0.5) is 5.82 Å². The molecule has 0 aliphatic heterocycles. The first-order chi connectivity index (χ1) is 9.94. The fourth-order valence-corrected chi connectivity index (χ4v) is 2.57. The summed E-state index contributed by atoms with van der Waals surface area (Å²) in [7, 11) is 1.78. The average Bonchev–Trinajstić information content (AvgIpc) is 2.47. The van der Waals surface area contributed by atoms with E-state index in [4.69, 9.17) is 11.6 Å². The summed E-state index contributed by atoms with van der Waals surface area (Å²) < 4.78 is 0. The Bertz CT molecular complexity index is 473. The van der Waals surface area contributed by atoms with E-state index in [0.29, 0.717) is 29.0 Å². The lowest BCUT2D eigenvalue weighted by atomic mass is 10.1. The van der Waals surface area contributed by atoms with Gasteiger partial charge in [0.25, 0.3) is 5.91 Å². The fourth-order valence-electron chi connectivity index (χ4n) is 2.39. The smallest absolute Gasteiger partial charge is 0.274 e. The van der Waals surface area contributed by atoms with Crippen LogP contribution in [0.3, 0.4) is 0 Å². The van der Waals surface area contributed by atoms with E-state index in [-0.39, 0.29) is 11.9 Å². The van der Waals surface area contributed by atoms with Gasteiger partial charge in [0.05, 0.1) is 5.02 Å². The molecule has 1 heterocycles. The van der Waals surface area contributed by atoms with Crippen LogP contribution in [0.5, 0.6) is 0 Å². The van der Waals surface area contributed by atoms with Crippen molar-refractivity contribution in [2.75, 3.05) is 18.9 Å². The molecule has 0 saturated carbocycles. The quantitative estimate of drug-likeness (QED) is 0.825. The third-order valence-electron chi connectivity index (χ3n) is 3.51. The average molecular weight is 312 g/mol. The summed E-state index contributed by atoms with van der Waals surface area (Å²) in [6.07, 6.45) is 1.86. The second-order valence-corrected chi connectivity index (χ2v) is 6.01. The highest BCUT2D eigenvalue weighted by Gasteiger charge is 2.26. The van der Waals surface area contributed by atoms with Crippen LogP contribution in [0.25, 0.3) is 0 Å². The second-order valence-electron chi connectivity index (χ2n) is 5.60. The van der Waals surface area contributed by atoms with Crippen molar-refractivity contribution in [3.63, 3.8) is 0 Å². The largest absolute Gasteiger partial charge is 0.373 e. The van der Waals surface area contributed by atoms with E-state index in [1.54, 1.807) is 19.2 Å². The highest BCUT2D eigenvalue weighted by molar-refractivity contribution is 6.33. The molecule has 118 valence electrons. The Hall–Kier alpha value is -1.29. The van der Waals surface area contributed by atoms with Gasteiger partial charge in [-0.1, -0.05) is 39.3 Å². The summed E-state index contributed by atoms with van der Waals surface area (Å²) in [5, 5.41) is 3.35. The van der Waals surface area contributed by atoms with E-state index in [2.05, 4.69) is 38.0 Å². The molecule has 0 radical (unpaired) electrons. The minimum atomic E-state index is -0.0838. The van der Waals surface area contributed by atoms with E-state index >= 15 is 0 Å². The van der Waals surface area contributed by atoms with E-state index in [1.807, 2.05) is 4.90 Å². The first-order valence-corrected chi connectivity index (χ1v) is 7.97. The Morgan fingerprint density at radius 3 is 2.43 bits per heavy atom. The molecule has 0 aliphatic rings. The Morgan fingerprint density at radius 2 is 1.95 bits per heavy atom. The van der Waals surface area contributed by atoms with Gasteiger partial charge in [0.2, 0.25) is 0 Å². The number of carbonyl (C=O) groups excluding carboxylic acids is 1. The molecule has 21 heavy (non-hydrogen) atoms. The number of nitrogens with zero attached hydrogens (tertiary/aromatic N) is 2. The molecule has 0 bridgehead atoms. The predicted octanol–water partition coefficient (Wildman–Crippen LogP) is 4.06. The summed E-state index contributed by atoms with van der Waals surface area (Å²) >= 11 is 6.18. The summed E-state index contributed by atoms with van der Waals surface area (Å²) in [6, 6.07) is 3.70. The maximum absolute atomic E-state index is 12.9. The van der Waals surface area contributed by atoms with Gasteiger partial charge in [0.15, 0.2) is 0 Å². The van der Waals surface area contributed by atoms with Gasteiger partial charge in [0, 0.05) is 19.6 Å². The molecule has 1 rings (SSSR count). The normalized spacial score (nSPS) is 11.0. The van der Waals surface area contributed by atoms with Gasteiger partial charge >= 0.3 is 0 Å². The van der Waals surface area contributed by atoms with Gasteiger partial charge < -0.3 is 10.2 Å². The van der Waals surface area contributed by atoms with E-state index < -0.39 is 0 Å². The van der Waals surface area contributed by atoms with Crippen LogP contribution in [0.1, 0.15) is 51.0 Å². The van der Waals surface area contributed by atoms with Gasteiger partial charge in [-0.15, -0.1) is 0 Å². The molecular formula is C16H26ClN3O. The Labute approximate surface area is 132 Å². The molecule has 4 nitrogen and oxygen atoms in total. The van der Waals surface area contributed by atoms with Crippen molar-refractivity contribution in [1.82, 2.24) is 9.88 Å². The molecule has 0 fully saturated rings. The lowest BCUT2D eigenvalue weighted by Gasteiger charge is -2.32. The number of hydrogen-bond acceptors (Lipinski definition) is 3. The van der Waals surface area contributed by atoms with Crippen LogP contribution in [-0.4, -0.2) is 35.4 Å². The summed E-state index contributed by atoms with van der Waals surface area (Å²) in [5.74, 6) is 0.970. The van der Waals surface area contributed by atoms with Gasteiger partial charge in [-0.05, 0) is 30.9 Å². The maximum Gasteiger partial charge on any atom is 0.274 e. The number of pyridine rings is 1. The molecule has 1 aromatic heterocycles. The van der Waals surface area contributed by atoms with Crippen molar-refractivity contribution in [2.45, 2.75) is 46.6 Å². The van der Waals surface area contributed by atoms with Crippen LogP contribution < -0.4 is 5.32 Å². The fraction of sp³-hybridized carbons (Fsp3) is 0.625. The lowest BCUT2D eigenvalue weighted by molar-refractivity contribution is 0.0634. The number of aromatic nitrogens is 1. The highest BCUT2D eigenvalue weighted by Crippen LogP contribution is 2.21. The lowest BCUT2D eigenvalue weighted by Crippen LogP contribution is -2.42. The first-order valence-electron chi connectivity index (χ1n) is 7.59. The van der Waals surface area contributed by atoms with Crippen LogP contribution >= 0.6 is 11.6 Å². The summed E-state index contributed by atoms with van der Waals surface area (Å²) in [4.78, 5) is 19.1. The van der Waals surface area contributed by atoms with Crippen LogP contribution in [0.15, 0.2) is 12.1 Å². The molecule has 1 N–H and O–H groups in total. The number of anilines is 1. The van der Waals surface area contributed by atoms with Crippen LogP contribution in [0, 0.1) is 5.92 Å². The maximum atomic E-state index is 12.9. The van der Waals surface area contributed by atoms with Crippen molar-refractivity contribution in [2.24, 2.45) is 5.92 Å². The van der Waals surface area contributed by atoms with Crippen molar-refractivity contribution in [3.8, 4) is 0 Å². The standard InChI is InChI=1S/C16H26ClN3O/c1-6-12(7-2)20(10-11(3)4)16(21)15-13(17)8-9-14(18-5)19-15/h8-9,11-12H,6-7,10H2,1-5H3,(H,18,19). The molecule has 0 atom stereocenters. The van der Waals surface area contributed by atoms with Gasteiger partial charge in [-0.2, -0.15) is 0 Å². The van der Waals surface area contributed by atoms with Crippen molar-refractivity contribution < 1.29 is 4.79 Å². The highest BCUT2D eigenvalue weighted by atomic mass is 35.5. The SMILES string of the molecule is CCC(CC)N(CC(C)C)C(=O)c1nc(NC)ccc1Cl. The van der Waals surface area contributed by atoms with E-state index in [0.717, 1.165) is 12.8 Å². The Morgan fingerprint density at radius 1 is 1.33 bits per heavy atom. The van der Waals surface area contributed by atoms with Crippen molar-refractivity contribution in [1.29, 1.82) is 0 Å². The number of hydrogen-bond donors (Lipinski definition) is 1. The molecule has 0 aromatic carbocycles. The molecule has 0 saturated heterocycles. The van der Waals surface area contributed by atoms with Crippen LogP contribution in [-0.2, 0) is 0 Å². The van der Waals surface area contributed by atoms with Crippen LogP contribution in [0.2, 0.25) is 5.02 Å². The van der Waals surface area contributed by atoms with Crippen molar-refractivity contribution >= 4 is 23.3 Å². The Balaban J connectivity index is 3.15. The molecule has 0 aliphatic carbocycles. The molecule has 1 amide bonds. The topological polar surface area (TPSA) is 45.2 Å². The van der Waals surface area contributed by atoms with E-state index in [9.17, 15) is 4.79 Å². The number of rotatable bonds is 7. The second kappa shape index (κ2) is 8.23. The monoisotopic (exact) mass is 311 g/mol. The number of halogens is 1. The zero-order valence-corrected chi connectivity index (χ0v) is 14.4. The molecule has 0 unspecified atom stereocenters. The minimum Gasteiger partial charge on any atom is -0.373 e. The zero-order chi connectivity index (χ0) is 16.0. The number of carbonyl (C=O) groups is 1. The van der Waals surface area contributed by atoms with Gasteiger partial charge in [-0.25, -0.2) is 4.98 Å². The summed E-state index contributed by atoms with van der Waals surface area (Å²) in [6.45, 7) is 9.15. The predicted molar refractivity (Wildman–Crippen MR) is 89.0 cm³/mol. The number of nitrogens with one attached hydrogen (secondary N) is 1. The third kappa shape index (κ3) is 4.60. The number of amides is 1. The molecule has 1 aromatic rings. The van der Waals surface area contributed by atoms with Gasteiger partial charge in [0.1, 0.15) is 11.5 Å². The Kier molecular flexibility index (Phi) is 6.96. The zero-order valence-electron chi connectivity index (χ0n) is 13.6. The van der Waals surface area contributed by atoms with Gasteiger partial charge in [-0.3, -0.25) is 4.79 Å². The molecular weight excluding hydrogens is 286 g/mol. The molecule has 5 heteroatoms. The minimum absolute atomic E-state index is 0.0838.